The van der Waals surface area contributed by atoms with E-state index in [4.69, 9.17) is 5.26 Å². The zero-order chi connectivity index (χ0) is 38.8. The van der Waals surface area contributed by atoms with Crippen molar-refractivity contribution in [2.75, 3.05) is 10.6 Å². The van der Waals surface area contributed by atoms with Crippen LogP contribution >= 0.6 is 0 Å². The summed E-state index contributed by atoms with van der Waals surface area (Å²) in [5.74, 6) is -0.583. The number of nitrogens with one attached hydrogen (secondary N) is 2. The van der Waals surface area contributed by atoms with Crippen LogP contribution in [0, 0.1) is 11.3 Å². The highest BCUT2D eigenvalue weighted by Crippen LogP contribution is 2.28. The Morgan fingerprint density at radius 2 is 1.20 bits per heavy atom. The van der Waals surface area contributed by atoms with Crippen molar-refractivity contribution >= 4 is 34.3 Å². The number of hydrogen-bond donors (Lipinski definition) is 3. The number of nitrogens with zero attached hydrogens (tertiary/aromatic N) is 7. The molecule has 14 nitrogen and oxygen atoms in total. The third kappa shape index (κ3) is 8.50. The molecule has 6 aromatic rings. The summed E-state index contributed by atoms with van der Waals surface area (Å²) in [5.41, 5.74) is 3.94. The predicted octanol–water partition coefficient (Wildman–Crippen LogP) is 5.91. The summed E-state index contributed by atoms with van der Waals surface area (Å²) < 4.78 is 2.59. The Labute approximate surface area is 310 Å². The topological polar surface area (TPSA) is 198 Å². The molecule has 0 aliphatic heterocycles. The van der Waals surface area contributed by atoms with E-state index in [-0.39, 0.29) is 46.2 Å². The quantitative estimate of drug-likeness (QED) is 0.134. The number of aromatic nitrogens is 6. The molecule has 0 fully saturated rings. The van der Waals surface area contributed by atoms with E-state index in [1.807, 2.05) is 6.92 Å². The minimum absolute atomic E-state index is 0.0688. The number of nitriles is 1. The molecule has 272 valence electrons. The smallest absolute Gasteiger partial charge is 0.291 e. The molecule has 0 bridgehead atoms. The number of benzene rings is 2. The molecule has 14 heteroatoms. The van der Waals surface area contributed by atoms with Crippen molar-refractivity contribution in [2.45, 2.75) is 47.4 Å². The largest absolute Gasteiger partial charge is 0.392 e. The number of carbonyl (C=O) groups excluding carboxylic acids is 2. The third-order valence-corrected chi connectivity index (χ3v) is 8.10. The lowest BCUT2D eigenvalue weighted by Crippen LogP contribution is -2.28. The summed E-state index contributed by atoms with van der Waals surface area (Å²) in [7, 11) is 0. The monoisotopic (exact) mass is 723 g/mol. The van der Waals surface area contributed by atoms with Gasteiger partial charge in [0.2, 0.25) is 0 Å². The van der Waals surface area contributed by atoms with Gasteiger partial charge in [-0.3, -0.25) is 29.1 Å². The molecule has 0 saturated carbocycles. The van der Waals surface area contributed by atoms with Gasteiger partial charge >= 0.3 is 0 Å². The number of carbonyl (C=O) groups is 2. The average Bonchev–Trinajstić information content (AvgIpc) is 3.20. The maximum absolute atomic E-state index is 12.9. The van der Waals surface area contributed by atoms with Crippen LogP contribution in [0.5, 0.6) is 0 Å². The van der Waals surface area contributed by atoms with Gasteiger partial charge in [-0.25, -0.2) is 9.36 Å². The highest BCUT2D eigenvalue weighted by atomic mass is 16.3. The molecule has 54 heavy (non-hydrogen) atoms. The molecular weight excluding hydrogens is 686 g/mol. The molecule has 4 aromatic heterocycles. The van der Waals surface area contributed by atoms with Gasteiger partial charge in [-0.05, 0) is 87.9 Å². The molecule has 0 radical (unpaired) electrons. The maximum Gasteiger partial charge on any atom is 0.291 e. The molecule has 0 aliphatic rings. The Hall–Kier alpha value is -7.11. The van der Waals surface area contributed by atoms with Crippen LogP contribution in [0.4, 0.5) is 22.7 Å². The van der Waals surface area contributed by atoms with E-state index in [9.17, 15) is 24.3 Å². The zero-order valence-electron chi connectivity index (χ0n) is 30.1. The number of anilines is 4. The minimum Gasteiger partial charge on any atom is -0.392 e. The summed E-state index contributed by atoms with van der Waals surface area (Å²) in [6.45, 7) is 7.02. The van der Waals surface area contributed by atoms with Gasteiger partial charge in [-0.15, -0.1) is 0 Å². The molecular formula is C40H37N9O5. The standard InChI is InChI=1S/C20H17N5O2.C20H20N4O3/c1-3-25-20(27)19(23-15-8-6-7-14(11-15)12-21)17(13(2)26)18(24-25)16-9-4-5-10-22-16;1-3-24-20(27)19(22-15-9-7-14(12-25)8-10-15)17(13(2)26)18(23-24)16-6-4-5-11-21-16/h4-11,23H,3H2,1-2H3;4-11,22,25H,3,12H2,1-2H3. The minimum atomic E-state index is -0.412. The molecule has 0 aliphatic carbocycles. The molecule has 0 spiro atoms. The third-order valence-electron chi connectivity index (χ3n) is 8.10. The number of aryl methyl sites for hydroxylation is 2. The van der Waals surface area contributed by atoms with Gasteiger partial charge in [0, 0.05) is 36.9 Å². The van der Waals surface area contributed by atoms with Crippen LogP contribution in [0.15, 0.2) is 107 Å². The van der Waals surface area contributed by atoms with Crippen LogP contribution in [0.2, 0.25) is 0 Å². The lowest BCUT2D eigenvalue weighted by atomic mass is 10.1. The van der Waals surface area contributed by atoms with Crippen LogP contribution in [-0.2, 0) is 19.7 Å². The number of Topliss-reactive ketones (excluding diaryl/α,β-unsaturated/α-hetero) is 2. The van der Waals surface area contributed by atoms with E-state index < -0.39 is 5.56 Å². The van der Waals surface area contributed by atoms with Crippen molar-refractivity contribution < 1.29 is 14.7 Å². The number of hydrogen-bond acceptors (Lipinski definition) is 12. The normalized spacial score (nSPS) is 10.4. The van der Waals surface area contributed by atoms with Gasteiger partial charge in [-0.2, -0.15) is 15.5 Å². The highest BCUT2D eigenvalue weighted by Gasteiger charge is 2.24. The van der Waals surface area contributed by atoms with E-state index in [2.05, 4.69) is 36.9 Å². The van der Waals surface area contributed by atoms with E-state index in [1.165, 1.54) is 23.2 Å². The van der Waals surface area contributed by atoms with Crippen LogP contribution in [0.25, 0.3) is 22.8 Å². The van der Waals surface area contributed by atoms with Gasteiger partial charge in [0.1, 0.15) is 22.8 Å². The molecule has 0 atom stereocenters. The summed E-state index contributed by atoms with van der Waals surface area (Å²) >= 11 is 0. The Morgan fingerprint density at radius 3 is 1.61 bits per heavy atom. The zero-order valence-corrected chi connectivity index (χ0v) is 30.1. The fraction of sp³-hybridized carbons (Fsp3) is 0.175. The SMILES string of the molecule is CCn1nc(-c2ccccn2)c(C(C)=O)c(Nc2ccc(CO)cc2)c1=O.CCn1nc(-c2ccccn2)c(C(C)=O)c(Nc2cccc(C#N)c2)c1=O. The van der Waals surface area contributed by atoms with Gasteiger partial charge in [0.05, 0.1) is 40.8 Å². The average molecular weight is 724 g/mol. The van der Waals surface area contributed by atoms with Gasteiger partial charge < -0.3 is 15.7 Å². The Balaban J connectivity index is 0.000000208. The molecule has 4 heterocycles. The Bertz CT molecular complexity index is 2460. The van der Waals surface area contributed by atoms with Gasteiger partial charge in [-0.1, -0.05) is 30.3 Å². The number of ketones is 2. The second-order valence-corrected chi connectivity index (χ2v) is 11.8. The summed E-state index contributed by atoms with van der Waals surface area (Å²) in [6, 6.07) is 26.3. The van der Waals surface area contributed by atoms with Crippen molar-refractivity contribution in [3.05, 3.63) is 140 Å². The van der Waals surface area contributed by atoms with Crippen LogP contribution in [0.3, 0.4) is 0 Å². The Morgan fingerprint density at radius 1 is 0.704 bits per heavy atom. The van der Waals surface area contributed by atoms with Crippen molar-refractivity contribution in [1.82, 2.24) is 29.5 Å². The summed E-state index contributed by atoms with van der Waals surface area (Å²) in [5, 5.41) is 33.0. The van der Waals surface area contributed by atoms with E-state index in [0.717, 1.165) is 5.56 Å². The number of aliphatic hydroxyl groups excluding tert-OH is 1. The first-order valence-corrected chi connectivity index (χ1v) is 17.0. The summed E-state index contributed by atoms with van der Waals surface area (Å²) in [6.07, 6.45) is 3.22. The molecule has 2 aromatic carbocycles. The summed E-state index contributed by atoms with van der Waals surface area (Å²) in [4.78, 5) is 59.1. The van der Waals surface area contributed by atoms with Crippen LogP contribution < -0.4 is 21.8 Å². The van der Waals surface area contributed by atoms with E-state index >= 15 is 0 Å². The maximum atomic E-state index is 12.9. The fourth-order valence-electron chi connectivity index (χ4n) is 5.50. The second-order valence-electron chi connectivity index (χ2n) is 11.8. The molecule has 0 saturated heterocycles. The molecule has 6 rings (SSSR count). The van der Waals surface area contributed by atoms with E-state index in [1.54, 1.807) is 104 Å². The first-order chi connectivity index (χ1) is 26.1. The van der Waals surface area contributed by atoms with Crippen molar-refractivity contribution in [1.29, 1.82) is 5.26 Å². The first kappa shape index (κ1) is 38.1. The molecule has 0 amide bonds. The lowest BCUT2D eigenvalue weighted by Gasteiger charge is -2.15. The lowest BCUT2D eigenvalue weighted by molar-refractivity contribution is 0.101. The Kier molecular flexibility index (Phi) is 12.3. The van der Waals surface area contributed by atoms with Crippen molar-refractivity contribution in [2.24, 2.45) is 0 Å². The molecule has 0 unspecified atom stereocenters. The number of pyridine rings is 2. The van der Waals surface area contributed by atoms with Crippen LogP contribution in [-0.4, -0.2) is 46.2 Å². The van der Waals surface area contributed by atoms with Crippen molar-refractivity contribution in [3.63, 3.8) is 0 Å². The van der Waals surface area contributed by atoms with Gasteiger partial charge in [0.25, 0.3) is 11.1 Å². The first-order valence-electron chi connectivity index (χ1n) is 17.0. The van der Waals surface area contributed by atoms with E-state index in [0.29, 0.717) is 52.8 Å². The fourth-order valence-corrected chi connectivity index (χ4v) is 5.50. The number of rotatable bonds is 11. The van der Waals surface area contributed by atoms with Gasteiger partial charge in [0.15, 0.2) is 11.6 Å². The van der Waals surface area contributed by atoms with Crippen LogP contribution in [0.1, 0.15) is 59.5 Å². The van der Waals surface area contributed by atoms with Crippen molar-refractivity contribution in [3.8, 4) is 28.8 Å². The number of aliphatic hydroxyl groups is 1. The second kappa shape index (κ2) is 17.4. The highest BCUT2D eigenvalue weighted by molar-refractivity contribution is 6.05. The molecule has 3 N–H and O–H groups in total. The predicted molar refractivity (Wildman–Crippen MR) is 205 cm³/mol.